The van der Waals surface area contributed by atoms with E-state index >= 15 is 0 Å². The molecule has 0 radical (unpaired) electrons. The summed E-state index contributed by atoms with van der Waals surface area (Å²) >= 11 is 0. The molecule has 0 aliphatic heterocycles. The van der Waals surface area contributed by atoms with Gasteiger partial charge in [-0.2, -0.15) is 0 Å². The van der Waals surface area contributed by atoms with Crippen molar-refractivity contribution in [2.24, 2.45) is 0 Å². The lowest BCUT2D eigenvalue weighted by atomic mass is 10.00. The van der Waals surface area contributed by atoms with Gasteiger partial charge in [0.05, 0.1) is 6.54 Å². The van der Waals surface area contributed by atoms with E-state index in [1.807, 2.05) is 0 Å². The Morgan fingerprint density at radius 1 is 0.667 bits per heavy atom. The minimum atomic E-state index is -1.18. The molecule has 0 fully saturated rings. The minimum absolute atomic E-state index is 0.219. The predicted octanol–water partition coefficient (Wildman–Crippen LogP) is 4.70. The molecule has 0 saturated heterocycles. The van der Waals surface area contributed by atoms with Gasteiger partial charge in [0.1, 0.15) is 0 Å². The first-order chi connectivity index (χ1) is 14.1. The van der Waals surface area contributed by atoms with Crippen molar-refractivity contribution in [3.8, 4) is 0 Å². The van der Waals surface area contributed by atoms with Crippen LogP contribution in [0.3, 0.4) is 0 Å². The van der Waals surface area contributed by atoms with Crippen molar-refractivity contribution in [3.63, 3.8) is 0 Å². The van der Waals surface area contributed by atoms with Crippen molar-refractivity contribution >= 4 is 17.9 Å². The number of rotatable bonds is 18. The van der Waals surface area contributed by atoms with E-state index in [1.165, 1.54) is 40.0 Å². The lowest BCUT2D eigenvalue weighted by Crippen LogP contribution is -2.70. The van der Waals surface area contributed by atoms with Gasteiger partial charge in [-0.15, -0.1) is 0 Å². The maximum absolute atomic E-state index is 11.7. The molecule has 0 amide bonds. The Kier molecular flexibility index (Phi) is 14.0. The molecule has 7 heteroatoms. The standard InChI is InChI=1S/C23H41NO6/c1-5-6-7-8-9-10-11-12-13-14-15-16-17-24(18(2)21(25)26,19(3)22(27)28)20(4)23(29)30/h7-8,18-20H,5-6,9-17H2,1-4H3,(H2-,25,26,27,28,29,30)/p+1/b8-7+. The van der Waals surface area contributed by atoms with E-state index in [2.05, 4.69) is 19.1 Å². The number of quaternary nitrogens is 1. The van der Waals surface area contributed by atoms with Crippen molar-refractivity contribution < 1.29 is 34.2 Å². The third-order valence-corrected chi connectivity index (χ3v) is 6.27. The van der Waals surface area contributed by atoms with E-state index in [-0.39, 0.29) is 6.54 Å². The first-order valence-corrected chi connectivity index (χ1v) is 11.3. The van der Waals surface area contributed by atoms with Gasteiger partial charge in [-0.1, -0.05) is 51.2 Å². The summed E-state index contributed by atoms with van der Waals surface area (Å²) in [5, 5.41) is 28.7. The van der Waals surface area contributed by atoms with Gasteiger partial charge in [0.25, 0.3) is 0 Å². The molecule has 0 heterocycles. The number of nitrogens with zero attached hydrogens (tertiary/aromatic N) is 1. The first-order valence-electron chi connectivity index (χ1n) is 11.3. The summed E-state index contributed by atoms with van der Waals surface area (Å²) in [5.74, 6) is -3.53. The van der Waals surface area contributed by atoms with Crippen molar-refractivity contribution in [2.75, 3.05) is 6.54 Å². The molecule has 174 valence electrons. The molecule has 0 aromatic rings. The molecular formula is C23H42NO6+. The number of aliphatic carboxylic acids is 3. The van der Waals surface area contributed by atoms with E-state index in [0.29, 0.717) is 6.42 Å². The molecule has 0 bridgehead atoms. The van der Waals surface area contributed by atoms with Crippen LogP contribution in [-0.2, 0) is 14.4 Å². The fourth-order valence-corrected chi connectivity index (χ4v) is 4.14. The van der Waals surface area contributed by atoms with Crippen LogP contribution in [-0.4, -0.2) is 62.4 Å². The lowest BCUT2D eigenvalue weighted by Gasteiger charge is -2.47. The fraction of sp³-hybridized carbons (Fsp3) is 0.783. The third-order valence-electron chi connectivity index (χ3n) is 6.27. The highest BCUT2D eigenvalue weighted by atomic mass is 16.4. The second-order valence-corrected chi connectivity index (χ2v) is 8.28. The molecule has 30 heavy (non-hydrogen) atoms. The average molecular weight is 429 g/mol. The van der Waals surface area contributed by atoms with Gasteiger partial charge in [0.15, 0.2) is 18.1 Å². The van der Waals surface area contributed by atoms with Gasteiger partial charge in [0, 0.05) is 0 Å². The van der Waals surface area contributed by atoms with Crippen molar-refractivity contribution in [1.82, 2.24) is 0 Å². The molecule has 0 aliphatic rings. The summed E-state index contributed by atoms with van der Waals surface area (Å²) in [4.78, 5) is 35.1. The first kappa shape index (κ1) is 28.1. The second-order valence-electron chi connectivity index (χ2n) is 8.28. The number of allylic oxidation sites excluding steroid dienone is 2. The van der Waals surface area contributed by atoms with Crippen LogP contribution in [0.25, 0.3) is 0 Å². The molecular weight excluding hydrogens is 386 g/mol. The fourth-order valence-electron chi connectivity index (χ4n) is 4.14. The normalized spacial score (nSPS) is 16.7. The Balaban J connectivity index is 4.72. The molecule has 0 saturated carbocycles. The van der Waals surface area contributed by atoms with Gasteiger partial charge < -0.3 is 15.3 Å². The highest BCUT2D eigenvalue weighted by Crippen LogP contribution is 2.27. The number of hydrogen-bond donors (Lipinski definition) is 3. The van der Waals surface area contributed by atoms with Crippen LogP contribution in [0.5, 0.6) is 0 Å². The van der Waals surface area contributed by atoms with Gasteiger partial charge in [0.2, 0.25) is 0 Å². The van der Waals surface area contributed by atoms with Crippen LogP contribution in [0, 0.1) is 0 Å². The summed E-state index contributed by atoms with van der Waals surface area (Å²) < 4.78 is -0.482. The number of unbranched alkanes of at least 4 members (excludes halogenated alkanes) is 8. The van der Waals surface area contributed by atoms with Crippen LogP contribution in [0.1, 0.15) is 91.9 Å². The number of hydrogen-bond acceptors (Lipinski definition) is 3. The van der Waals surface area contributed by atoms with Crippen LogP contribution in [0.4, 0.5) is 0 Å². The summed E-state index contributed by atoms with van der Waals surface area (Å²) in [6.07, 6.45) is 14.9. The lowest BCUT2D eigenvalue weighted by molar-refractivity contribution is -0.968. The predicted molar refractivity (Wildman–Crippen MR) is 117 cm³/mol. The monoisotopic (exact) mass is 428 g/mol. The largest absolute Gasteiger partial charge is 0.477 e. The zero-order chi connectivity index (χ0) is 23.2. The Hall–Kier alpha value is -1.89. The molecule has 3 atom stereocenters. The molecule has 0 aliphatic carbocycles. The van der Waals surface area contributed by atoms with Gasteiger partial charge in [-0.05, 0) is 52.9 Å². The Labute approximate surface area is 181 Å². The molecule has 0 spiro atoms. The number of carboxylic acids is 3. The zero-order valence-corrected chi connectivity index (χ0v) is 19.2. The second kappa shape index (κ2) is 15.0. The van der Waals surface area contributed by atoms with Crippen LogP contribution in [0.15, 0.2) is 12.2 Å². The highest BCUT2D eigenvalue weighted by Gasteiger charge is 2.52. The van der Waals surface area contributed by atoms with Gasteiger partial charge in [-0.25, -0.2) is 14.4 Å². The molecule has 0 aromatic carbocycles. The van der Waals surface area contributed by atoms with Crippen LogP contribution < -0.4 is 0 Å². The molecule has 0 aromatic heterocycles. The van der Waals surface area contributed by atoms with E-state index < -0.39 is 40.5 Å². The minimum Gasteiger partial charge on any atom is -0.477 e. The summed E-state index contributed by atoms with van der Waals surface area (Å²) in [5.41, 5.74) is 0. The van der Waals surface area contributed by atoms with E-state index in [1.54, 1.807) is 0 Å². The van der Waals surface area contributed by atoms with E-state index in [0.717, 1.165) is 38.5 Å². The SMILES string of the molecule is CCC/C=C/CCCCCCCCC[N+](C(C)C(=O)O)(C(C)C(=O)O)C(C)C(=O)O. The van der Waals surface area contributed by atoms with E-state index in [9.17, 15) is 29.7 Å². The Morgan fingerprint density at radius 2 is 1.03 bits per heavy atom. The Bertz CT molecular complexity index is 510. The topological polar surface area (TPSA) is 112 Å². The van der Waals surface area contributed by atoms with Crippen molar-refractivity contribution in [3.05, 3.63) is 12.2 Å². The Morgan fingerprint density at radius 3 is 1.43 bits per heavy atom. The smallest absolute Gasteiger partial charge is 0.362 e. The van der Waals surface area contributed by atoms with Gasteiger partial charge >= 0.3 is 17.9 Å². The quantitative estimate of drug-likeness (QED) is 0.166. The maximum Gasteiger partial charge on any atom is 0.362 e. The third kappa shape index (κ3) is 8.86. The molecule has 3 unspecified atom stereocenters. The van der Waals surface area contributed by atoms with Crippen molar-refractivity contribution in [2.45, 2.75) is 110 Å². The molecule has 3 N–H and O–H groups in total. The summed E-state index contributed by atoms with van der Waals surface area (Å²) in [7, 11) is 0. The summed E-state index contributed by atoms with van der Waals surface area (Å²) in [6, 6.07) is -3.37. The number of carbonyl (C=O) groups is 3. The zero-order valence-electron chi connectivity index (χ0n) is 19.2. The highest BCUT2D eigenvalue weighted by molar-refractivity contribution is 5.77. The van der Waals surface area contributed by atoms with Gasteiger partial charge in [-0.3, -0.25) is 4.48 Å². The maximum atomic E-state index is 11.7. The number of carboxylic acid groups (broad SMARTS) is 3. The van der Waals surface area contributed by atoms with Crippen molar-refractivity contribution in [1.29, 1.82) is 0 Å². The molecule has 7 nitrogen and oxygen atoms in total. The van der Waals surface area contributed by atoms with E-state index in [4.69, 9.17) is 0 Å². The average Bonchev–Trinajstić information content (AvgIpc) is 2.70. The van der Waals surface area contributed by atoms with Crippen LogP contribution in [0.2, 0.25) is 0 Å². The molecule has 0 rings (SSSR count). The summed E-state index contributed by atoms with van der Waals surface area (Å²) in [6.45, 7) is 6.62. The van der Waals surface area contributed by atoms with Crippen LogP contribution >= 0.6 is 0 Å².